The van der Waals surface area contributed by atoms with E-state index in [2.05, 4.69) is 12.0 Å². The molecular formula is C21H25N3O4. The van der Waals surface area contributed by atoms with Gasteiger partial charge in [-0.3, -0.25) is 14.3 Å². The summed E-state index contributed by atoms with van der Waals surface area (Å²) in [5, 5.41) is 14.5. The highest BCUT2D eigenvalue weighted by atomic mass is 16.5. The monoisotopic (exact) mass is 383 g/mol. The Hall–Kier alpha value is -2.83. The number of aryl methyl sites for hydroxylation is 2. The molecule has 1 N–H and O–H groups in total. The number of nitrogens with zero attached hydrogens (tertiary/aromatic N) is 3. The summed E-state index contributed by atoms with van der Waals surface area (Å²) in [5.41, 5.74) is 1.23. The van der Waals surface area contributed by atoms with Crippen molar-refractivity contribution in [2.24, 2.45) is 18.4 Å². The molecule has 1 amide bonds. The van der Waals surface area contributed by atoms with Gasteiger partial charge in [0.15, 0.2) is 0 Å². The largest absolute Gasteiger partial charge is 0.493 e. The summed E-state index contributed by atoms with van der Waals surface area (Å²) < 4.78 is 7.51. The molecule has 0 radical (unpaired) electrons. The summed E-state index contributed by atoms with van der Waals surface area (Å²) >= 11 is 0. The topological polar surface area (TPSA) is 84.7 Å². The van der Waals surface area contributed by atoms with Crippen molar-refractivity contribution in [3.63, 3.8) is 0 Å². The van der Waals surface area contributed by atoms with Crippen LogP contribution in [0.3, 0.4) is 0 Å². The normalized spacial score (nSPS) is 23.5. The molecule has 0 bridgehead atoms. The molecule has 2 unspecified atom stereocenters. The van der Waals surface area contributed by atoms with Crippen molar-refractivity contribution in [1.82, 2.24) is 14.7 Å². The van der Waals surface area contributed by atoms with E-state index in [1.54, 1.807) is 16.6 Å². The third-order valence-electron chi connectivity index (χ3n) is 5.98. The molecule has 3 heterocycles. The van der Waals surface area contributed by atoms with Crippen LogP contribution in [-0.2, 0) is 24.7 Å². The molecule has 1 fully saturated rings. The van der Waals surface area contributed by atoms with Crippen LogP contribution in [0.25, 0.3) is 0 Å². The lowest BCUT2D eigenvalue weighted by atomic mass is 9.74. The highest BCUT2D eigenvalue weighted by Crippen LogP contribution is 2.44. The van der Waals surface area contributed by atoms with E-state index in [1.165, 1.54) is 0 Å². The number of carbonyl (C=O) groups is 2. The maximum absolute atomic E-state index is 13.2. The Morgan fingerprint density at radius 1 is 1.36 bits per heavy atom. The molecule has 4 rings (SSSR count). The molecule has 0 saturated carbocycles. The molecule has 7 heteroatoms. The first-order valence-corrected chi connectivity index (χ1v) is 9.71. The number of ether oxygens (including phenoxy) is 1. The van der Waals surface area contributed by atoms with Gasteiger partial charge in [-0.1, -0.05) is 31.5 Å². The number of aliphatic carboxylic acids is 1. The third-order valence-corrected chi connectivity index (χ3v) is 5.98. The molecule has 28 heavy (non-hydrogen) atoms. The molecule has 148 valence electrons. The highest BCUT2D eigenvalue weighted by Gasteiger charge is 2.55. The van der Waals surface area contributed by atoms with Gasteiger partial charge >= 0.3 is 5.97 Å². The van der Waals surface area contributed by atoms with E-state index in [9.17, 15) is 14.7 Å². The lowest BCUT2D eigenvalue weighted by Crippen LogP contribution is -2.42. The lowest BCUT2D eigenvalue weighted by Gasteiger charge is -2.27. The number of carbonyl (C=O) groups excluding carboxylic acids is 1. The number of para-hydroxylation sites is 1. The first kappa shape index (κ1) is 18.5. The second-order valence-corrected chi connectivity index (χ2v) is 7.83. The predicted octanol–water partition coefficient (Wildman–Crippen LogP) is 2.15. The van der Waals surface area contributed by atoms with Gasteiger partial charge in [0, 0.05) is 26.1 Å². The summed E-state index contributed by atoms with van der Waals surface area (Å²) in [5.74, 6) is -0.556. The SMILES string of the molecule is CCCc1cc(C(=O)N2CC3COc4ccccc4CC3(C(=O)O)C2)n(C)n1. The first-order chi connectivity index (χ1) is 13.4. The summed E-state index contributed by atoms with van der Waals surface area (Å²) in [7, 11) is 1.76. The number of likely N-dealkylation sites (tertiary alicyclic amines) is 1. The third kappa shape index (κ3) is 2.95. The van der Waals surface area contributed by atoms with Crippen molar-refractivity contribution in [3.8, 4) is 5.75 Å². The zero-order chi connectivity index (χ0) is 19.9. The van der Waals surface area contributed by atoms with Crippen molar-refractivity contribution in [3.05, 3.63) is 47.3 Å². The molecule has 1 aromatic heterocycles. The smallest absolute Gasteiger partial charge is 0.312 e. The summed E-state index contributed by atoms with van der Waals surface area (Å²) in [4.78, 5) is 27.2. The maximum Gasteiger partial charge on any atom is 0.312 e. The molecule has 1 saturated heterocycles. The van der Waals surface area contributed by atoms with E-state index in [1.807, 2.05) is 30.3 Å². The van der Waals surface area contributed by atoms with E-state index >= 15 is 0 Å². The zero-order valence-corrected chi connectivity index (χ0v) is 16.2. The van der Waals surface area contributed by atoms with E-state index < -0.39 is 11.4 Å². The van der Waals surface area contributed by atoms with Crippen LogP contribution in [0.15, 0.2) is 30.3 Å². The van der Waals surface area contributed by atoms with Gasteiger partial charge in [-0.2, -0.15) is 5.10 Å². The Morgan fingerprint density at radius 3 is 2.89 bits per heavy atom. The van der Waals surface area contributed by atoms with Crippen LogP contribution in [0.5, 0.6) is 5.75 Å². The van der Waals surface area contributed by atoms with Crippen LogP contribution in [0.1, 0.15) is 35.1 Å². The number of benzene rings is 1. The molecule has 2 atom stereocenters. The Bertz CT molecular complexity index is 922. The fraction of sp³-hybridized carbons (Fsp3) is 0.476. The van der Waals surface area contributed by atoms with Crippen LogP contribution in [0, 0.1) is 11.3 Å². The fourth-order valence-electron chi connectivity index (χ4n) is 4.45. The minimum atomic E-state index is -1.03. The van der Waals surface area contributed by atoms with Crippen LogP contribution < -0.4 is 4.74 Å². The second-order valence-electron chi connectivity index (χ2n) is 7.83. The molecule has 2 aromatic rings. The van der Waals surface area contributed by atoms with Gasteiger partial charge in [-0.05, 0) is 30.5 Å². The van der Waals surface area contributed by atoms with Gasteiger partial charge < -0.3 is 14.7 Å². The Morgan fingerprint density at radius 2 is 2.14 bits per heavy atom. The van der Waals surface area contributed by atoms with Crippen molar-refractivity contribution in [2.45, 2.75) is 26.2 Å². The summed E-state index contributed by atoms with van der Waals surface area (Å²) in [6.45, 7) is 2.91. The Labute approximate surface area is 163 Å². The number of carboxylic acid groups (broad SMARTS) is 1. The number of aromatic nitrogens is 2. The molecule has 0 aliphatic carbocycles. The van der Waals surface area contributed by atoms with E-state index in [-0.39, 0.29) is 18.4 Å². The standard InChI is InChI=1S/C21H25N3O4/c1-3-6-16-9-17(23(2)22-16)19(25)24-11-15-12-28-18-8-5-4-7-14(18)10-21(15,13-24)20(26)27/h4-5,7-9,15H,3,6,10-13H2,1-2H3,(H,26,27). The van der Waals surface area contributed by atoms with Gasteiger partial charge in [0.2, 0.25) is 0 Å². The Kier molecular flexibility index (Phi) is 4.61. The molecule has 0 spiro atoms. The lowest BCUT2D eigenvalue weighted by molar-refractivity contribution is -0.150. The molecule has 7 nitrogen and oxygen atoms in total. The van der Waals surface area contributed by atoms with Crippen LogP contribution in [-0.4, -0.2) is 51.4 Å². The average Bonchev–Trinajstić information content (AvgIpc) is 3.17. The van der Waals surface area contributed by atoms with Gasteiger partial charge in [0.25, 0.3) is 5.91 Å². The quantitative estimate of drug-likeness (QED) is 0.875. The first-order valence-electron chi connectivity index (χ1n) is 9.71. The number of fused-ring (bicyclic) bond motifs is 2. The minimum absolute atomic E-state index is 0.167. The zero-order valence-electron chi connectivity index (χ0n) is 16.2. The van der Waals surface area contributed by atoms with E-state index in [0.29, 0.717) is 25.3 Å². The van der Waals surface area contributed by atoms with Gasteiger partial charge in [0.1, 0.15) is 11.4 Å². The van der Waals surface area contributed by atoms with Gasteiger partial charge in [-0.25, -0.2) is 0 Å². The van der Waals surface area contributed by atoms with Gasteiger partial charge in [-0.15, -0.1) is 0 Å². The van der Waals surface area contributed by atoms with E-state index in [4.69, 9.17) is 4.74 Å². The van der Waals surface area contributed by atoms with Crippen LogP contribution >= 0.6 is 0 Å². The molecular weight excluding hydrogens is 358 g/mol. The van der Waals surface area contributed by atoms with Crippen LogP contribution in [0.4, 0.5) is 0 Å². The predicted molar refractivity (Wildman–Crippen MR) is 102 cm³/mol. The number of hydrogen-bond acceptors (Lipinski definition) is 4. The number of hydrogen-bond donors (Lipinski definition) is 1. The number of amides is 1. The van der Waals surface area contributed by atoms with Crippen molar-refractivity contribution in [2.75, 3.05) is 19.7 Å². The maximum atomic E-state index is 13.2. The molecule has 2 aliphatic heterocycles. The number of carboxylic acids is 1. The van der Waals surface area contributed by atoms with Crippen LogP contribution in [0.2, 0.25) is 0 Å². The van der Waals surface area contributed by atoms with E-state index in [0.717, 1.165) is 29.8 Å². The van der Waals surface area contributed by atoms with Crippen molar-refractivity contribution >= 4 is 11.9 Å². The van der Waals surface area contributed by atoms with Gasteiger partial charge in [0.05, 0.1) is 17.7 Å². The second kappa shape index (κ2) is 6.96. The minimum Gasteiger partial charge on any atom is -0.493 e. The Balaban J connectivity index is 1.63. The number of rotatable bonds is 4. The highest BCUT2D eigenvalue weighted by molar-refractivity contribution is 5.94. The summed E-state index contributed by atoms with van der Waals surface area (Å²) in [6, 6.07) is 9.38. The summed E-state index contributed by atoms with van der Waals surface area (Å²) in [6.07, 6.45) is 2.13. The van der Waals surface area contributed by atoms with Crippen molar-refractivity contribution in [1.29, 1.82) is 0 Å². The molecule has 2 aliphatic rings. The average molecular weight is 383 g/mol. The fourth-order valence-corrected chi connectivity index (χ4v) is 4.45. The van der Waals surface area contributed by atoms with Crippen molar-refractivity contribution < 1.29 is 19.4 Å². The molecule has 1 aromatic carbocycles.